The average Bonchev–Trinajstić information content (AvgIpc) is 3.19. The summed E-state index contributed by atoms with van der Waals surface area (Å²) in [6.07, 6.45) is 4.41. The number of rotatable bonds is 2. The third kappa shape index (κ3) is 2.35. The van der Waals surface area contributed by atoms with Gasteiger partial charge >= 0.3 is 0 Å². The van der Waals surface area contributed by atoms with Crippen LogP contribution < -0.4 is 11.3 Å². The molecule has 118 valence electrons. The van der Waals surface area contributed by atoms with Gasteiger partial charge in [0.2, 0.25) is 0 Å². The second-order valence-electron chi connectivity index (χ2n) is 5.90. The molecule has 0 saturated heterocycles. The van der Waals surface area contributed by atoms with Crippen molar-refractivity contribution in [1.82, 2.24) is 20.0 Å². The van der Waals surface area contributed by atoms with E-state index in [-0.39, 0.29) is 11.6 Å². The number of halogens is 1. The molecule has 2 heterocycles. The van der Waals surface area contributed by atoms with Crippen LogP contribution in [0, 0.1) is 0 Å². The van der Waals surface area contributed by atoms with E-state index in [0.29, 0.717) is 16.7 Å². The molecule has 0 amide bonds. The van der Waals surface area contributed by atoms with Crippen LogP contribution >= 0.6 is 15.9 Å². The van der Waals surface area contributed by atoms with E-state index in [2.05, 4.69) is 26.1 Å². The van der Waals surface area contributed by atoms with Gasteiger partial charge in [-0.05, 0) is 25.0 Å². The monoisotopic (exact) mass is 373 g/mol. The molecule has 0 bridgehead atoms. The fourth-order valence-corrected chi connectivity index (χ4v) is 3.60. The van der Waals surface area contributed by atoms with E-state index in [1.165, 1.54) is 0 Å². The van der Waals surface area contributed by atoms with E-state index in [0.717, 1.165) is 41.4 Å². The molecule has 2 aromatic heterocycles. The van der Waals surface area contributed by atoms with Gasteiger partial charge in [0.25, 0.3) is 5.56 Å². The molecule has 3 aromatic rings. The van der Waals surface area contributed by atoms with Crippen LogP contribution in [0.5, 0.6) is 0 Å². The SMILES string of the molecule is Nc1n[nH]c(=O)c2c1c(-c1ccc(Br)cc1)nn2C1CCCC1. The Balaban J connectivity index is 2.02. The molecule has 0 aliphatic heterocycles. The average molecular weight is 374 g/mol. The zero-order valence-electron chi connectivity index (χ0n) is 12.4. The Labute approximate surface area is 140 Å². The Bertz CT molecular complexity index is 922. The fraction of sp³-hybridized carbons (Fsp3) is 0.312. The molecule has 0 atom stereocenters. The van der Waals surface area contributed by atoms with Gasteiger partial charge in [0, 0.05) is 10.0 Å². The van der Waals surface area contributed by atoms with Crippen molar-refractivity contribution in [2.45, 2.75) is 31.7 Å². The van der Waals surface area contributed by atoms with Gasteiger partial charge < -0.3 is 5.73 Å². The fourth-order valence-electron chi connectivity index (χ4n) is 3.34. The largest absolute Gasteiger partial charge is 0.382 e. The van der Waals surface area contributed by atoms with Gasteiger partial charge in [-0.15, -0.1) is 0 Å². The van der Waals surface area contributed by atoms with Crippen LogP contribution in [0.25, 0.3) is 22.2 Å². The highest BCUT2D eigenvalue weighted by atomic mass is 79.9. The molecule has 1 aliphatic rings. The molecule has 4 rings (SSSR count). The highest BCUT2D eigenvalue weighted by Crippen LogP contribution is 2.36. The number of nitrogens with zero attached hydrogens (tertiary/aromatic N) is 3. The minimum Gasteiger partial charge on any atom is -0.382 e. The maximum Gasteiger partial charge on any atom is 0.290 e. The number of anilines is 1. The number of aromatic amines is 1. The first-order chi connectivity index (χ1) is 11.1. The summed E-state index contributed by atoms with van der Waals surface area (Å²) in [4.78, 5) is 12.4. The van der Waals surface area contributed by atoms with Crippen LogP contribution in [-0.2, 0) is 0 Å². The first-order valence-corrected chi connectivity index (χ1v) is 8.47. The van der Waals surface area contributed by atoms with E-state index in [4.69, 9.17) is 10.8 Å². The van der Waals surface area contributed by atoms with Crippen molar-refractivity contribution < 1.29 is 0 Å². The van der Waals surface area contributed by atoms with Crippen molar-refractivity contribution in [3.8, 4) is 11.3 Å². The maximum absolute atomic E-state index is 12.4. The summed E-state index contributed by atoms with van der Waals surface area (Å²) in [6, 6.07) is 8.08. The zero-order chi connectivity index (χ0) is 16.0. The Morgan fingerprint density at radius 1 is 1.22 bits per heavy atom. The van der Waals surface area contributed by atoms with Crippen LogP contribution in [0.1, 0.15) is 31.7 Å². The Kier molecular flexibility index (Phi) is 3.45. The third-order valence-electron chi connectivity index (χ3n) is 4.45. The van der Waals surface area contributed by atoms with E-state index in [1.807, 2.05) is 28.9 Å². The van der Waals surface area contributed by atoms with Crippen LogP contribution in [0.4, 0.5) is 5.82 Å². The van der Waals surface area contributed by atoms with Gasteiger partial charge in [0.05, 0.1) is 11.4 Å². The predicted molar refractivity (Wildman–Crippen MR) is 93.2 cm³/mol. The molecule has 7 heteroatoms. The van der Waals surface area contributed by atoms with E-state index in [1.54, 1.807) is 0 Å². The number of nitrogens with one attached hydrogen (secondary N) is 1. The summed E-state index contributed by atoms with van der Waals surface area (Å²) < 4.78 is 2.85. The lowest BCUT2D eigenvalue weighted by molar-refractivity contribution is 0.481. The number of nitrogen functional groups attached to an aromatic ring is 1. The second kappa shape index (κ2) is 5.49. The maximum atomic E-state index is 12.4. The normalized spacial score (nSPS) is 15.5. The quantitative estimate of drug-likeness (QED) is 0.721. The molecule has 3 N–H and O–H groups in total. The molecule has 0 radical (unpaired) electrons. The van der Waals surface area contributed by atoms with Gasteiger partial charge in [0.1, 0.15) is 11.2 Å². The van der Waals surface area contributed by atoms with Crippen molar-refractivity contribution in [2.75, 3.05) is 5.73 Å². The first kappa shape index (κ1) is 14.4. The van der Waals surface area contributed by atoms with Crippen molar-refractivity contribution in [1.29, 1.82) is 0 Å². The molecule has 1 aromatic carbocycles. The van der Waals surface area contributed by atoms with Gasteiger partial charge in [0.15, 0.2) is 5.82 Å². The second-order valence-corrected chi connectivity index (χ2v) is 6.82. The lowest BCUT2D eigenvalue weighted by Crippen LogP contribution is -2.16. The van der Waals surface area contributed by atoms with Crippen molar-refractivity contribution >= 4 is 32.7 Å². The molecule has 0 spiro atoms. The summed E-state index contributed by atoms with van der Waals surface area (Å²) in [7, 11) is 0. The number of aromatic nitrogens is 4. The number of hydrogen-bond acceptors (Lipinski definition) is 4. The molecule has 23 heavy (non-hydrogen) atoms. The smallest absolute Gasteiger partial charge is 0.290 e. The first-order valence-electron chi connectivity index (χ1n) is 7.67. The summed E-state index contributed by atoms with van der Waals surface area (Å²) in [5, 5.41) is 11.8. The van der Waals surface area contributed by atoms with Crippen molar-refractivity contribution in [3.63, 3.8) is 0 Å². The minimum atomic E-state index is -0.239. The molecule has 1 saturated carbocycles. The highest BCUT2D eigenvalue weighted by molar-refractivity contribution is 9.10. The van der Waals surface area contributed by atoms with Gasteiger partial charge in [-0.2, -0.15) is 10.2 Å². The molecule has 1 aliphatic carbocycles. The lowest BCUT2D eigenvalue weighted by Gasteiger charge is -2.10. The lowest BCUT2D eigenvalue weighted by atomic mass is 10.1. The standard InChI is InChI=1S/C16H16BrN5O/c17-10-7-5-9(6-8-10)13-12-14(16(23)20-19-15(12)18)22(21-13)11-3-1-2-4-11/h5-8,11H,1-4H2,(H2,18,19)(H,20,23). The molecular formula is C16H16BrN5O. The number of H-pyrrole nitrogens is 1. The number of benzene rings is 1. The summed E-state index contributed by atoms with van der Waals surface area (Å²) in [6.45, 7) is 0. The Morgan fingerprint density at radius 2 is 1.91 bits per heavy atom. The Hall–Kier alpha value is -2.15. The van der Waals surface area contributed by atoms with Gasteiger partial charge in [-0.1, -0.05) is 40.9 Å². The molecular weight excluding hydrogens is 358 g/mol. The minimum absolute atomic E-state index is 0.239. The van der Waals surface area contributed by atoms with Crippen LogP contribution in [-0.4, -0.2) is 20.0 Å². The van der Waals surface area contributed by atoms with Gasteiger partial charge in [-0.25, -0.2) is 5.10 Å². The zero-order valence-corrected chi connectivity index (χ0v) is 14.0. The molecule has 1 fully saturated rings. The predicted octanol–water partition coefficient (Wildman–Crippen LogP) is 3.25. The van der Waals surface area contributed by atoms with Crippen molar-refractivity contribution in [2.24, 2.45) is 0 Å². The van der Waals surface area contributed by atoms with E-state index in [9.17, 15) is 4.79 Å². The summed E-state index contributed by atoms with van der Waals surface area (Å²) in [5.41, 5.74) is 8.00. The highest BCUT2D eigenvalue weighted by Gasteiger charge is 2.25. The van der Waals surface area contributed by atoms with E-state index >= 15 is 0 Å². The van der Waals surface area contributed by atoms with Gasteiger partial charge in [-0.3, -0.25) is 9.48 Å². The Morgan fingerprint density at radius 3 is 2.61 bits per heavy atom. The summed E-state index contributed by atoms with van der Waals surface area (Å²) in [5.74, 6) is 0.307. The number of hydrogen-bond donors (Lipinski definition) is 2. The topological polar surface area (TPSA) is 89.6 Å². The molecule has 6 nitrogen and oxygen atoms in total. The van der Waals surface area contributed by atoms with E-state index < -0.39 is 0 Å². The summed E-state index contributed by atoms with van der Waals surface area (Å²) >= 11 is 3.44. The number of nitrogens with two attached hydrogens (primary N) is 1. The van der Waals surface area contributed by atoms with Crippen molar-refractivity contribution in [3.05, 3.63) is 39.1 Å². The molecule has 0 unspecified atom stereocenters. The van der Waals surface area contributed by atoms with Crippen LogP contribution in [0.2, 0.25) is 0 Å². The number of fused-ring (bicyclic) bond motifs is 1. The van der Waals surface area contributed by atoms with Crippen LogP contribution in [0.3, 0.4) is 0 Å². The van der Waals surface area contributed by atoms with Crippen LogP contribution in [0.15, 0.2) is 33.5 Å². The third-order valence-corrected chi connectivity index (χ3v) is 4.98.